The number of methoxy groups -OCH3 is 1. The van der Waals surface area contributed by atoms with Gasteiger partial charge in [-0.25, -0.2) is 0 Å². The molecular weight excluding hydrogens is 312 g/mol. The highest BCUT2D eigenvalue weighted by atomic mass is 35.5. The van der Waals surface area contributed by atoms with Crippen molar-refractivity contribution in [3.8, 4) is 5.75 Å². The minimum absolute atomic E-state index is 0.243. The highest BCUT2D eigenvalue weighted by Gasteiger charge is 2.16. The van der Waals surface area contributed by atoms with Gasteiger partial charge in [-0.1, -0.05) is 23.7 Å². The van der Waals surface area contributed by atoms with Crippen LogP contribution >= 0.6 is 11.6 Å². The molecule has 0 bridgehead atoms. The van der Waals surface area contributed by atoms with Gasteiger partial charge in [-0.2, -0.15) is 0 Å². The van der Waals surface area contributed by atoms with E-state index in [2.05, 4.69) is 10.2 Å². The van der Waals surface area contributed by atoms with Crippen LogP contribution in [0.3, 0.4) is 0 Å². The number of nitrogens with one attached hydrogen (secondary N) is 1. The molecule has 120 valence electrons. The van der Waals surface area contributed by atoms with Crippen LogP contribution in [0, 0.1) is 0 Å². The monoisotopic (exact) mass is 330 g/mol. The number of amides is 1. The van der Waals surface area contributed by atoms with Crippen LogP contribution in [0.1, 0.15) is 23.2 Å². The number of carbonyl (C=O) groups excluding carboxylic acids is 1. The zero-order valence-electron chi connectivity index (χ0n) is 13.0. The molecule has 1 fully saturated rings. The summed E-state index contributed by atoms with van der Waals surface area (Å²) in [5, 5.41) is 3.34. The second-order valence-electron chi connectivity index (χ2n) is 5.51. The Balaban J connectivity index is 1.87. The topological polar surface area (TPSA) is 41.6 Å². The van der Waals surface area contributed by atoms with E-state index in [1.165, 1.54) is 12.8 Å². The second kappa shape index (κ2) is 6.92. The molecule has 0 aromatic heterocycles. The summed E-state index contributed by atoms with van der Waals surface area (Å²) in [5.74, 6) is 0.390. The molecule has 0 unspecified atom stereocenters. The van der Waals surface area contributed by atoms with Crippen molar-refractivity contribution in [3.05, 3.63) is 53.1 Å². The Morgan fingerprint density at radius 2 is 1.91 bits per heavy atom. The lowest BCUT2D eigenvalue weighted by molar-refractivity contribution is 0.102. The normalized spacial score (nSPS) is 13.9. The van der Waals surface area contributed by atoms with E-state index in [0.717, 1.165) is 18.8 Å². The fraction of sp³-hybridized carbons (Fsp3) is 0.278. The fourth-order valence-corrected chi connectivity index (χ4v) is 3.02. The largest absolute Gasteiger partial charge is 0.495 e. The maximum atomic E-state index is 12.5. The third-order valence-corrected chi connectivity index (χ3v) is 4.35. The van der Waals surface area contributed by atoms with Gasteiger partial charge in [0.2, 0.25) is 0 Å². The molecule has 4 nitrogen and oxygen atoms in total. The van der Waals surface area contributed by atoms with Gasteiger partial charge in [0, 0.05) is 18.8 Å². The summed E-state index contributed by atoms with van der Waals surface area (Å²) < 4.78 is 5.36. The molecule has 0 aliphatic carbocycles. The van der Waals surface area contributed by atoms with Crippen LogP contribution in [0.15, 0.2) is 42.5 Å². The molecule has 1 heterocycles. The van der Waals surface area contributed by atoms with Crippen molar-refractivity contribution in [1.29, 1.82) is 0 Å². The minimum atomic E-state index is -0.243. The zero-order chi connectivity index (χ0) is 16.2. The van der Waals surface area contributed by atoms with Crippen molar-refractivity contribution in [3.63, 3.8) is 0 Å². The Morgan fingerprint density at radius 1 is 1.17 bits per heavy atom. The van der Waals surface area contributed by atoms with Crippen LogP contribution in [0.2, 0.25) is 5.02 Å². The molecule has 1 aliphatic heterocycles. The van der Waals surface area contributed by atoms with Crippen molar-refractivity contribution in [2.24, 2.45) is 0 Å². The van der Waals surface area contributed by atoms with Gasteiger partial charge in [0.05, 0.1) is 23.4 Å². The first-order chi connectivity index (χ1) is 11.2. The molecule has 1 saturated heterocycles. The molecule has 0 radical (unpaired) electrons. The van der Waals surface area contributed by atoms with E-state index < -0.39 is 0 Å². The first-order valence-corrected chi connectivity index (χ1v) is 8.05. The molecule has 3 rings (SSSR count). The van der Waals surface area contributed by atoms with Gasteiger partial charge >= 0.3 is 0 Å². The number of anilines is 2. The average Bonchev–Trinajstić information content (AvgIpc) is 3.09. The highest BCUT2D eigenvalue weighted by Crippen LogP contribution is 2.32. The van der Waals surface area contributed by atoms with Crippen LogP contribution in [-0.4, -0.2) is 26.1 Å². The Kier molecular flexibility index (Phi) is 4.72. The van der Waals surface area contributed by atoms with Crippen LogP contribution in [-0.2, 0) is 0 Å². The number of rotatable bonds is 4. The van der Waals surface area contributed by atoms with E-state index in [0.29, 0.717) is 22.0 Å². The molecule has 23 heavy (non-hydrogen) atoms. The summed E-state index contributed by atoms with van der Waals surface area (Å²) >= 11 is 6.09. The number of nitrogens with zero attached hydrogens (tertiary/aromatic N) is 1. The van der Waals surface area contributed by atoms with Gasteiger partial charge in [0.15, 0.2) is 0 Å². The summed E-state index contributed by atoms with van der Waals surface area (Å²) in [5.41, 5.74) is 2.20. The number of carbonyl (C=O) groups is 1. The van der Waals surface area contributed by atoms with Crippen molar-refractivity contribution >= 4 is 28.9 Å². The Bertz CT molecular complexity index is 712. The summed E-state index contributed by atoms with van der Waals surface area (Å²) in [6, 6.07) is 12.9. The lowest BCUT2D eigenvalue weighted by atomic mass is 10.2. The molecule has 0 spiro atoms. The van der Waals surface area contributed by atoms with Crippen molar-refractivity contribution in [2.45, 2.75) is 12.8 Å². The quantitative estimate of drug-likeness (QED) is 0.913. The maximum absolute atomic E-state index is 12.5. The number of hydrogen-bond acceptors (Lipinski definition) is 3. The van der Waals surface area contributed by atoms with Crippen molar-refractivity contribution < 1.29 is 9.53 Å². The number of halogens is 1. The van der Waals surface area contributed by atoms with Crippen LogP contribution in [0.4, 0.5) is 11.4 Å². The molecule has 1 amide bonds. The minimum Gasteiger partial charge on any atom is -0.495 e. The smallest absolute Gasteiger partial charge is 0.257 e. The van der Waals surface area contributed by atoms with Crippen molar-refractivity contribution in [2.75, 3.05) is 30.4 Å². The van der Waals surface area contributed by atoms with Gasteiger partial charge in [0.1, 0.15) is 5.75 Å². The summed E-state index contributed by atoms with van der Waals surface area (Å²) in [6.45, 7) is 2.09. The molecule has 1 N–H and O–H groups in total. The number of ether oxygens (including phenoxy) is 1. The average molecular weight is 331 g/mol. The molecule has 5 heteroatoms. The van der Waals surface area contributed by atoms with E-state index >= 15 is 0 Å². The van der Waals surface area contributed by atoms with Gasteiger partial charge in [-0.3, -0.25) is 4.79 Å². The van der Waals surface area contributed by atoms with Gasteiger partial charge in [-0.15, -0.1) is 0 Å². The molecule has 2 aromatic rings. The number of hydrogen-bond donors (Lipinski definition) is 1. The van der Waals surface area contributed by atoms with Crippen LogP contribution in [0.25, 0.3) is 0 Å². The molecule has 2 aromatic carbocycles. The Labute approximate surface area is 141 Å². The van der Waals surface area contributed by atoms with Crippen LogP contribution in [0.5, 0.6) is 5.75 Å². The fourth-order valence-electron chi connectivity index (χ4n) is 2.80. The first-order valence-electron chi connectivity index (χ1n) is 7.68. The molecule has 1 aliphatic rings. The lowest BCUT2D eigenvalue weighted by Gasteiger charge is -2.20. The van der Waals surface area contributed by atoms with Gasteiger partial charge in [-0.05, 0) is 43.2 Å². The summed E-state index contributed by atoms with van der Waals surface area (Å²) in [7, 11) is 1.59. The van der Waals surface area contributed by atoms with E-state index in [1.807, 2.05) is 18.2 Å². The second-order valence-corrected chi connectivity index (χ2v) is 5.92. The van der Waals surface area contributed by atoms with Crippen molar-refractivity contribution in [1.82, 2.24) is 0 Å². The lowest BCUT2D eigenvalue weighted by Crippen LogP contribution is -2.18. The standard InChI is InChI=1S/C18H19ClN2O2/c1-23-17-9-8-13(21-10-4-5-11-21)12-16(17)20-18(22)14-6-2-3-7-15(14)19/h2-3,6-9,12H,4-5,10-11H2,1H3,(H,20,22). The third kappa shape index (κ3) is 3.42. The van der Waals surface area contributed by atoms with Crippen LogP contribution < -0.4 is 15.0 Å². The highest BCUT2D eigenvalue weighted by molar-refractivity contribution is 6.34. The molecule has 0 saturated carbocycles. The molecular formula is C18H19ClN2O2. The predicted molar refractivity (Wildman–Crippen MR) is 93.8 cm³/mol. The van der Waals surface area contributed by atoms with Gasteiger partial charge in [0.25, 0.3) is 5.91 Å². The Morgan fingerprint density at radius 3 is 2.61 bits per heavy atom. The maximum Gasteiger partial charge on any atom is 0.257 e. The summed E-state index contributed by atoms with van der Waals surface area (Å²) in [4.78, 5) is 14.8. The van der Waals surface area contributed by atoms with E-state index in [4.69, 9.17) is 16.3 Å². The Hall–Kier alpha value is -2.20. The van der Waals surface area contributed by atoms with E-state index in [9.17, 15) is 4.79 Å². The SMILES string of the molecule is COc1ccc(N2CCCC2)cc1NC(=O)c1ccccc1Cl. The molecule has 0 atom stereocenters. The first kappa shape index (κ1) is 15.7. The van der Waals surface area contributed by atoms with E-state index in [-0.39, 0.29) is 5.91 Å². The number of benzene rings is 2. The summed E-state index contributed by atoms with van der Waals surface area (Å²) in [6.07, 6.45) is 2.40. The third-order valence-electron chi connectivity index (χ3n) is 4.02. The van der Waals surface area contributed by atoms with Gasteiger partial charge < -0.3 is 15.0 Å². The predicted octanol–water partition coefficient (Wildman–Crippen LogP) is 4.20. The zero-order valence-corrected chi connectivity index (χ0v) is 13.8. The van der Waals surface area contributed by atoms with E-state index in [1.54, 1.807) is 31.4 Å².